The number of amides is 2. The number of benzene rings is 1. The van der Waals surface area contributed by atoms with E-state index in [1.165, 1.54) is 14.2 Å². The van der Waals surface area contributed by atoms with Crippen molar-refractivity contribution in [1.82, 2.24) is 15.8 Å². The third kappa shape index (κ3) is 11.0. The average Bonchev–Trinajstić information content (AvgIpc) is 2.73. The van der Waals surface area contributed by atoms with Crippen LogP contribution in [0.5, 0.6) is 5.75 Å². The van der Waals surface area contributed by atoms with Crippen LogP contribution < -0.4 is 15.5 Å². The molecule has 32 heavy (non-hydrogen) atoms. The Balaban J connectivity index is 2.29. The SMILES string of the molecule is COC(=O)CCCCCC(=O)NCOc1ccc(CC(C)N(C)NC(=O)C(F)(F)F)cc1. The molecule has 0 aliphatic heterocycles. The summed E-state index contributed by atoms with van der Waals surface area (Å²) in [5.74, 6) is -1.90. The van der Waals surface area contributed by atoms with Gasteiger partial charge in [-0.25, -0.2) is 5.01 Å². The van der Waals surface area contributed by atoms with E-state index in [0.29, 0.717) is 37.9 Å². The fourth-order valence-corrected chi connectivity index (χ4v) is 2.66. The summed E-state index contributed by atoms with van der Waals surface area (Å²) in [5, 5.41) is 3.76. The second kappa shape index (κ2) is 13.6. The van der Waals surface area contributed by atoms with Gasteiger partial charge in [-0.2, -0.15) is 13.2 Å². The van der Waals surface area contributed by atoms with Crippen LogP contribution in [-0.2, 0) is 25.5 Å². The van der Waals surface area contributed by atoms with Crippen LogP contribution in [0.25, 0.3) is 0 Å². The van der Waals surface area contributed by atoms with Crippen molar-refractivity contribution in [2.75, 3.05) is 20.9 Å². The summed E-state index contributed by atoms with van der Waals surface area (Å²) >= 11 is 0. The molecule has 1 atom stereocenters. The van der Waals surface area contributed by atoms with E-state index in [0.717, 1.165) is 17.0 Å². The van der Waals surface area contributed by atoms with Crippen molar-refractivity contribution in [1.29, 1.82) is 0 Å². The van der Waals surface area contributed by atoms with Gasteiger partial charge in [-0.15, -0.1) is 0 Å². The maximum absolute atomic E-state index is 12.3. The number of alkyl halides is 3. The van der Waals surface area contributed by atoms with Gasteiger partial charge in [0.25, 0.3) is 0 Å². The zero-order valence-electron chi connectivity index (χ0n) is 18.5. The molecule has 1 rings (SSSR count). The van der Waals surface area contributed by atoms with Gasteiger partial charge in [-0.05, 0) is 43.9 Å². The van der Waals surface area contributed by atoms with Crippen molar-refractivity contribution >= 4 is 17.8 Å². The number of unbranched alkanes of at least 4 members (excludes halogenated alkanes) is 2. The number of hydrogen-bond acceptors (Lipinski definition) is 6. The Labute approximate surface area is 185 Å². The fraction of sp³-hybridized carbons (Fsp3) is 0.571. The number of methoxy groups -OCH3 is 1. The number of nitrogens with one attached hydrogen (secondary N) is 2. The lowest BCUT2D eigenvalue weighted by atomic mass is 10.1. The van der Waals surface area contributed by atoms with E-state index in [1.54, 1.807) is 36.6 Å². The molecule has 1 aromatic rings. The smallest absolute Gasteiger partial charge is 0.472 e. The first kappa shape index (κ1) is 27.2. The summed E-state index contributed by atoms with van der Waals surface area (Å²) in [4.78, 5) is 33.8. The van der Waals surface area contributed by atoms with E-state index >= 15 is 0 Å². The van der Waals surface area contributed by atoms with Crippen LogP contribution in [0.3, 0.4) is 0 Å². The highest BCUT2D eigenvalue weighted by Gasteiger charge is 2.39. The first-order valence-electron chi connectivity index (χ1n) is 10.2. The molecule has 1 aromatic carbocycles. The lowest BCUT2D eigenvalue weighted by molar-refractivity contribution is -0.179. The summed E-state index contributed by atoms with van der Waals surface area (Å²) < 4.78 is 47.0. The number of esters is 1. The minimum absolute atomic E-state index is 0.00293. The molecule has 180 valence electrons. The number of halogens is 3. The van der Waals surface area contributed by atoms with Crippen molar-refractivity contribution < 1.29 is 37.0 Å². The third-order valence-electron chi connectivity index (χ3n) is 4.67. The van der Waals surface area contributed by atoms with Crippen molar-refractivity contribution in [2.45, 2.75) is 57.7 Å². The molecule has 0 bridgehead atoms. The lowest BCUT2D eigenvalue weighted by Gasteiger charge is -2.25. The largest absolute Gasteiger partial charge is 0.473 e. The van der Waals surface area contributed by atoms with Crippen molar-refractivity contribution in [3.8, 4) is 5.75 Å². The van der Waals surface area contributed by atoms with Gasteiger partial charge in [0, 0.05) is 25.9 Å². The predicted molar refractivity (Wildman–Crippen MR) is 110 cm³/mol. The van der Waals surface area contributed by atoms with Gasteiger partial charge in [0.15, 0.2) is 6.73 Å². The lowest BCUT2D eigenvalue weighted by Crippen LogP contribution is -2.50. The molecule has 0 fully saturated rings. The highest BCUT2D eigenvalue weighted by atomic mass is 19.4. The Kier molecular flexibility index (Phi) is 11.5. The van der Waals surface area contributed by atoms with Crippen LogP contribution in [0, 0.1) is 0 Å². The summed E-state index contributed by atoms with van der Waals surface area (Å²) in [6.45, 7) is 1.69. The quantitative estimate of drug-likeness (QED) is 0.203. The summed E-state index contributed by atoms with van der Waals surface area (Å²) in [5.41, 5.74) is 2.64. The third-order valence-corrected chi connectivity index (χ3v) is 4.67. The topological polar surface area (TPSA) is 97.0 Å². The van der Waals surface area contributed by atoms with Gasteiger partial charge in [-0.1, -0.05) is 18.6 Å². The second-order valence-corrected chi connectivity index (χ2v) is 7.27. The van der Waals surface area contributed by atoms with Crippen molar-refractivity contribution in [2.24, 2.45) is 0 Å². The predicted octanol–water partition coefficient (Wildman–Crippen LogP) is 2.72. The molecular formula is C21H30F3N3O5. The number of carbonyl (C=O) groups is 3. The van der Waals surface area contributed by atoms with Crippen LogP contribution >= 0.6 is 0 Å². The summed E-state index contributed by atoms with van der Waals surface area (Å²) in [7, 11) is 2.71. The fourth-order valence-electron chi connectivity index (χ4n) is 2.66. The molecule has 2 amide bonds. The minimum Gasteiger partial charge on any atom is -0.473 e. The molecule has 11 heteroatoms. The van der Waals surface area contributed by atoms with E-state index in [-0.39, 0.29) is 24.6 Å². The molecule has 1 unspecified atom stereocenters. The Morgan fingerprint density at radius 3 is 2.28 bits per heavy atom. The number of ether oxygens (including phenoxy) is 2. The van der Waals surface area contributed by atoms with Gasteiger partial charge in [0.05, 0.1) is 7.11 Å². The van der Waals surface area contributed by atoms with E-state index in [4.69, 9.17) is 4.74 Å². The van der Waals surface area contributed by atoms with E-state index in [1.807, 2.05) is 0 Å². The average molecular weight is 461 g/mol. The molecule has 0 saturated carbocycles. The van der Waals surface area contributed by atoms with Crippen molar-refractivity contribution in [3.63, 3.8) is 0 Å². The van der Waals surface area contributed by atoms with Crippen LogP contribution in [0.2, 0.25) is 0 Å². The van der Waals surface area contributed by atoms with Crippen LogP contribution in [0.4, 0.5) is 13.2 Å². The first-order valence-corrected chi connectivity index (χ1v) is 10.2. The maximum Gasteiger partial charge on any atom is 0.472 e. The first-order chi connectivity index (χ1) is 15.0. The number of likely N-dealkylation sites (N-methyl/N-ethyl adjacent to an activating group) is 1. The van der Waals surface area contributed by atoms with Gasteiger partial charge in [-0.3, -0.25) is 19.8 Å². The van der Waals surface area contributed by atoms with Crippen molar-refractivity contribution in [3.05, 3.63) is 29.8 Å². The molecule has 0 spiro atoms. The van der Waals surface area contributed by atoms with Crippen LogP contribution in [0.15, 0.2) is 24.3 Å². The second-order valence-electron chi connectivity index (χ2n) is 7.27. The molecule has 0 heterocycles. The molecule has 8 nitrogen and oxygen atoms in total. The number of carbonyl (C=O) groups excluding carboxylic acids is 3. The van der Waals surface area contributed by atoms with Gasteiger partial charge in [0.1, 0.15) is 5.75 Å². The molecule has 0 aliphatic rings. The molecule has 2 N–H and O–H groups in total. The Morgan fingerprint density at radius 1 is 1.06 bits per heavy atom. The minimum atomic E-state index is -4.94. The molecule has 0 radical (unpaired) electrons. The zero-order valence-corrected chi connectivity index (χ0v) is 18.5. The number of rotatable bonds is 13. The Hall–Kier alpha value is -2.82. The maximum atomic E-state index is 12.3. The van der Waals surface area contributed by atoms with E-state index in [2.05, 4.69) is 10.1 Å². The molecular weight excluding hydrogens is 431 g/mol. The molecule has 0 aromatic heterocycles. The highest BCUT2D eigenvalue weighted by Crippen LogP contribution is 2.16. The van der Waals surface area contributed by atoms with Gasteiger partial charge >= 0.3 is 18.1 Å². The van der Waals surface area contributed by atoms with Crippen LogP contribution in [-0.4, -0.2) is 55.9 Å². The normalized spacial score (nSPS) is 12.2. The zero-order chi connectivity index (χ0) is 24.1. The number of hydrogen-bond donors (Lipinski definition) is 2. The Morgan fingerprint density at radius 2 is 1.69 bits per heavy atom. The molecule has 0 saturated heterocycles. The summed E-state index contributed by atoms with van der Waals surface area (Å²) in [6.07, 6.45) is -1.78. The Bertz CT molecular complexity index is 741. The standard InChI is InChI=1S/C21H30F3N3O5/c1-15(27(2)26-20(30)21(22,23)24)13-16-9-11-17(12-10-16)32-14-25-18(28)7-5-4-6-8-19(29)31-3/h9-12,15H,4-8,13-14H2,1-3H3,(H,25,28)(H,26,30). The highest BCUT2D eigenvalue weighted by molar-refractivity contribution is 5.81. The van der Waals surface area contributed by atoms with E-state index in [9.17, 15) is 27.6 Å². The summed E-state index contributed by atoms with van der Waals surface area (Å²) in [6, 6.07) is 6.52. The van der Waals surface area contributed by atoms with E-state index < -0.39 is 12.1 Å². The van der Waals surface area contributed by atoms with Gasteiger partial charge in [0.2, 0.25) is 5.91 Å². The number of nitrogens with zero attached hydrogens (tertiary/aromatic N) is 1. The van der Waals surface area contributed by atoms with Crippen LogP contribution in [0.1, 0.15) is 44.6 Å². The van der Waals surface area contributed by atoms with Gasteiger partial charge < -0.3 is 14.8 Å². The monoisotopic (exact) mass is 461 g/mol. The molecule has 0 aliphatic carbocycles. The number of hydrazine groups is 1.